The van der Waals surface area contributed by atoms with Crippen molar-refractivity contribution in [1.82, 2.24) is 9.47 Å². The van der Waals surface area contributed by atoms with Crippen LogP contribution in [0.1, 0.15) is 24.2 Å². The molecule has 2 heterocycles. The van der Waals surface area contributed by atoms with Crippen LogP contribution in [0.2, 0.25) is 10.0 Å². The number of hydrogen-bond donors (Lipinski definition) is 1. The molecule has 0 amide bonds. The summed E-state index contributed by atoms with van der Waals surface area (Å²) in [7, 11) is 0. The Bertz CT molecular complexity index is 1020. The molecule has 150 valence electrons. The van der Waals surface area contributed by atoms with Gasteiger partial charge in [0.05, 0.1) is 12.6 Å². The van der Waals surface area contributed by atoms with Crippen molar-refractivity contribution in [3.8, 4) is 5.75 Å². The number of benzene rings is 2. The fourth-order valence-electron chi connectivity index (χ4n) is 3.65. The first-order chi connectivity index (χ1) is 14.1. The molecule has 3 aromatic rings. The van der Waals surface area contributed by atoms with Gasteiger partial charge in [-0.1, -0.05) is 29.3 Å². The zero-order chi connectivity index (χ0) is 20.4. The second kappa shape index (κ2) is 8.66. The summed E-state index contributed by atoms with van der Waals surface area (Å²) in [5, 5.41) is 5.26. The molecule has 4 nitrogen and oxygen atoms in total. The molecule has 0 aliphatic carbocycles. The van der Waals surface area contributed by atoms with Gasteiger partial charge >= 0.3 is 0 Å². The maximum atomic E-state index is 6.58. The lowest BCUT2D eigenvalue weighted by atomic mass is 10.00. The molecule has 0 spiro atoms. The Morgan fingerprint density at radius 2 is 1.93 bits per heavy atom. The molecule has 0 unspecified atom stereocenters. The second-order valence-corrected chi connectivity index (χ2v) is 8.01. The van der Waals surface area contributed by atoms with Crippen LogP contribution in [-0.4, -0.2) is 27.7 Å². The molecule has 29 heavy (non-hydrogen) atoms. The van der Waals surface area contributed by atoms with Crippen molar-refractivity contribution in [2.45, 2.75) is 19.5 Å². The predicted octanol–water partition coefficient (Wildman–Crippen LogP) is 6.00. The summed E-state index contributed by atoms with van der Waals surface area (Å²) in [5.74, 6) is 0.839. The van der Waals surface area contributed by atoms with Crippen LogP contribution in [0.25, 0.3) is 0 Å². The first kappa shape index (κ1) is 20.1. The topological polar surface area (TPSA) is 29.4 Å². The SMILES string of the molecule is CCOc1ccc(NC(=S)N2CCn3cccc3[C@H]2c2ccc(Cl)cc2Cl)cc1. The molecule has 1 aliphatic heterocycles. The van der Waals surface area contributed by atoms with Gasteiger partial charge in [-0.05, 0) is 73.2 Å². The lowest BCUT2D eigenvalue weighted by Gasteiger charge is -2.39. The van der Waals surface area contributed by atoms with E-state index in [4.69, 9.17) is 40.2 Å². The van der Waals surface area contributed by atoms with Crippen LogP contribution in [0.15, 0.2) is 60.8 Å². The Labute approximate surface area is 186 Å². The van der Waals surface area contributed by atoms with Crippen LogP contribution in [0.3, 0.4) is 0 Å². The number of hydrogen-bond acceptors (Lipinski definition) is 2. The molecule has 1 atom stereocenters. The summed E-state index contributed by atoms with van der Waals surface area (Å²) in [6, 6.07) is 17.5. The van der Waals surface area contributed by atoms with E-state index in [0.29, 0.717) is 21.8 Å². The molecule has 4 rings (SSSR count). The number of ether oxygens (including phenoxy) is 1. The largest absolute Gasteiger partial charge is 0.494 e. The van der Waals surface area contributed by atoms with Crippen molar-refractivity contribution >= 4 is 46.2 Å². The molecule has 0 bridgehead atoms. The van der Waals surface area contributed by atoms with Gasteiger partial charge in [-0.15, -0.1) is 0 Å². The molecule has 1 aliphatic rings. The maximum Gasteiger partial charge on any atom is 0.174 e. The van der Waals surface area contributed by atoms with Gasteiger partial charge < -0.3 is 19.5 Å². The van der Waals surface area contributed by atoms with E-state index in [2.05, 4.69) is 33.1 Å². The van der Waals surface area contributed by atoms with E-state index in [0.717, 1.165) is 35.8 Å². The van der Waals surface area contributed by atoms with E-state index in [9.17, 15) is 0 Å². The number of thiocarbonyl (C=S) groups is 1. The molecule has 1 N–H and O–H groups in total. The number of anilines is 1. The van der Waals surface area contributed by atoms with E-state index in [1.165, 1.54) is 0 Å². The Hall–Kier alpha value is -2.21. The molecule has 0 radical (unpaired) electrons. The summed E-state index contributed by atoms with van der Waals surface area (Å²) in [5.41, 5.74) is 3.04. The van der Waals surface area contributed by atoms with Gasteiger partial charge in [-0.2, -0.15) is 0 Å². The zero-order valence-corrected chi connectivity index (χ0v) is 18.3. The number of nitrogens with zero attached hydrogens (tertiary/aromatic N) is 2. The number of nitrogens with one attached hydrogen (secondary N) is 1. The minimum atomic E-state index is -0.0915. The standard InChI is InChI=1S/C22H21Cl2N3OS/c1-2-28-17-8-6-16(7-9-17)25-22(29)27-13-12-26-11-3-4-20(26)21(27)18-10-5-15(23)14-19(18)24/h3-11,14,21H,2,12-13H2,1H3,(H,25,29)/t21-/m1/s1. The van der Waals surface area contributed by atoms with E-state index >= 15 is 0 Å². The first-order valence-corrected chi connectivity index (χ1v) is 10.6. The van der Waals surface area contributed by atoms with Gasteiger partial charge in [0, 0.05) is 40.7 Å². The predicted molar refractivity (Wildman–Crippen MR) is 123 cm³/mol. The number of halogens is 2. The van der Waals surface area contributed by atoms with Crippen molar-refractivity contribution in [3.63, 3.8) is 0 Å². The highest BCUT2D eigenvalue weighted by molar-refractivity contribution is 7.80. The Kier molecular flexibility index (Phi) is 5.99. The number of fused-ring (bicyclic) bond motifs is 1. The lowest BCUT2D eigenvalue weighted by Crippen LogP contribution is -2.44. The molecule has 2 aromatic carbocycles. The molecule has 1 aromatic heterocycles. The fourth-order valence-corrected chi connectivity index (χ4v) is 4.48. The van der Waals surface area contributed by atoms with E-state index in [1.807, 2.05) is 43.3 Å². The van der Waals surface area contributed by atoms with Crippen LogP contribution in [0, 0.1) is 0 Å². The van der Waals surface area contributed by atoms with Crippen LogP contribution in [-0.2, 0) is 6.54 Å². The molecule has 0 saturated carbocycles. The molecule has 0 saturated heterocycles. The van der Waals surface area contributed by atoms with Crippen molar-refractivity contribution in [1.29, 1.82) is 0 Å². The zero-order valence-electron chi connectivity index (χ0n) is 15.9. The van der Waals surface area contributed by atoms with E-state index < -0.39 is 0 Å². The molecular weight excluding hydrogens is 425 g/mol. The summed E-state index contributed by atoms with van der Waals surface area (Å²) in [6.45, 7) is 4.24. The average molecular weight is 446 g/mol. The van der Waals surface area contributed by atoms with Crippen molar-refractivity contribution < 1.29 is 4.74 Å². The highest BCUT2D eigenvalue weighted by Crippen LogP contribution is 2.37. The van der Waals surface area contributed by atoms with E-state index in [1.54, 1.807) is 6.07 Å². The van der Waals surface area contributed by atoms with Gasteiger partial charge in [0.25, 0.3) is 0 Å². The van der Waals surface area contributed by atoms with Crippen LogP contribution in [0.4, 0.5) is 5.69 Å². The van der Waals surface area contributed by atoms with Crippen molar-refractivity contribution in [2.24, 2.45) is 0 Å². The maximum absolute atomic E-state index is 6.58. The summed E-state index contributed by atoms with van der Waals surface area (Å²) >= 11 is 18.5. The quantitative estimate of drug-likeness (QED) is 0.498. The van der Waals surface area contributed by atoms with Crippen molar-refractivity contribution in [3.05, 3.63) is 82.1 Å². The normalized spacial score (nSPS) is 15.7. The summed E-state index contributed by atoms with van der Waals surface area (Å²) < 4.78 is 7.75. The smallest absolute Gasteiger partial charge is 0.174 e. The van der Waals surface area contributed by atoms with Gasteiger partial charge in [-0.3, -0.25) is 0 Å². The Balaban J connectivity index is 1.63. The molecule has 0 fully saturated rings. The first-order valence-electron chi connectivity index (χ1n) is 9.47. The third-order valence-corrected chi connectivity index (χ3v) is 5.87. The summed E-state index contributed by atoms with van der Waals surface area (Å²) in [4.78, 5) is 2.18. The molecular formula is C22H21Cl2N3OS. The average Bonchev–Trinajstić information content (AvgIpc) is 3.18. The summed E-state index contributed by atoms with van der Waals surface area (Å²) in [6.07, 6.45) is 2.09. The number of aromatic nitrogens is 1. The van der Waals surface area contributed by atoms with Gasteiger partial charge in [-0.25, -0.2) is 0 Å². The minimum Gasteiger partial charge on any atom is -0.494 e. The van der Waals surface area contributed by atoms with Gasteiger partial charge in [0.2, 0.25) is 0 Å². The van der Waals surface area contributed by atoms with Gasteiger partial charge in [0.1, 0.15) is 5.75 Å². The highest BCUT2D eigenvalue weighted by atomic mass is 35.5. The number of rotatable bonds is 4. The van der Waals surface area contributed by atoms with Crippen molar-refractivity contribution in [2.75, 3.05) is 18.5 Å². The monoisotopic (exact) mass is 445 g/mol. The fraction of sp³-hybridized carbons (Fsp3) is 0.227. The second-order valence-electron chi connectivity index (χ2n) is 6.78. The minimum absolute atomic E-state index is 0.0915. The highest BCUT2D eigenvalue weighted by Gasteiger charge is 2.32. The third kappa shape index (κ3) is 4.22. The van der Waals surface area contributed by atoms with Crippen LogP contribution < -0.4 is 10.1 Å². The van der Waals surface area contributed by atoms with Gasteiger partial charge in [0.15, 0.2) is 5.11 Å². The Morgan fingerprint density at radius 1 is 1.14 bits per heavy atom. The van der Waals surface area contributed by atoms with Crippen LogP contribution in [0.5, 0.6) is 5.75 Å². The third-order valence-electron chi connectivity index (χ3n) is 4.97. The van der Waals surface area contributed by atoms with E-state index in [-0.39, 0.29) is 6.04 Å². The lowest BCUT2D eigenvalue weighted by molar-refractivity contribution is 0.293. The molecule has 7 heteroatoms. The Morgan fingerprint density at radius 3 is 2.66 bits per heavy atom. The van der Waals surface area contributed by atoms with Crippen LogP contribution >= 0.6 is 35.4 Å².